The summed E-state index contributed by atoms with van der Waals surface area (Å²) in [5.41, 5.74) is 14.8. The van der Waals surface area contributed by atoms with Crippen molar-refractivity contribution in [1.82, 2.24) is 0 Å². The van der Waals surface area contributed by atoms with E-state index in [0.29, 0.717) is 34.4 Å². The second-order valence-corrected chi connectivity index (χ2v) is 20.0. The first-order valence-corrected chi connectivity index (χ1v) is 23.0. The summed E-state index contributed by atoms with van der Waals surface area (Å²) in [7, 11) is 0. The molecule has 0 radical (unpaired) electrons. The van der Waals surface area contributed by atoms with E-state index >= 15 is 0 Å². The predicted molar refractivity (Wildman–Crippen MR) is 252 cm³/mol. The smallest absolute Gasteiger partial charge is 0.135 e. The maximum absolute atomic E-state index is 6.16. The van der Waals surface area contributed by atoms with Crippen molar-refractivity contribution in [2.45, 2.75) is 57.6 Å². The molecule has 1 fully saturated rings. The number of furan rings is 1. The molecule has 0 saturated carbocycles. The van der Waals surface area contributed by atoms with Crippen LogP contribution in [0.25, 0.3) is 33.1 Å². The van der Waals surface area contributed by atoms with Crippen LogP contribution in [0.4, 0.5) is 22.7 Å². The third-order valence-electron chi connectivity index (χ3n) is 14.1. The molecule has 7 aromatic carbocycles. The van der Waals surface area contributed by atoms with E-state index in [1.54, 1.807) is 0 Å². The second kappa shape index (κ2) is 13.1. The van der Waals surface area contributed by atoms with Crippen LogP contribution < -0.4 is 9.80 Å². The lowest BCUT2D eigenvalue weighted by Crippen LogP contribution is -2.27. The minimum Gasteiger partial charge on any atom is -0.456 e. The Kier molecular flexibility index (Phi) is 7.60. The molecule has 6 unspecified atom stereocenters. The summed E-state index contributed by atoms with van der Waals surface area (Å²) in [6, 6.07) is 59.6. The third kappa shape index (κ3) is 5.06. The normalized spacial score (nSPS) is 23.7. The molecule has 5 heteroatoms. The number of anilines is 4. The molecular weight excluding hydrogens is 769 g/mol. The Labute approximate surface area is 359 Å². The molecule has 6 atom stereocenters. The van der Waals surface area contributed by atoms with Crippen LogP contribution in [0, 0.1) is 5.92 Å². The van der Waals surface area contributed by atoms with Gasteiger partial charge in [-0.05, 0) is 124 Å². The van der Waals surface area contributed by atoms with E-state index in [-0.39, 0.29) is 5.41 Å². The molecule has 60 heavy (non-hydrogen) atoms. The number of thioether (sulfide) groups is 2. The standard InChI is InChI=1S/C55H42N2OS2/c1-55(2)45-15-7-3-11-39(45)40-29-28-38(32-46(40)55)56(35-22-19-33(20-23-35)34-21-30-48-44(31-34)41-12-4-8-16-47(41)58-48)36-24-26-37(27-25-36)57-51-42-13-5-9-17-49(42)59-53(51)54-52(57)43-14-6-10-18-50(43)60-54/h3-32,39,45,51-54H,1-2H3. The first-order valence-electron chi connectivity index (χ1n) is 21.2. The van der Waals surface area contributed by atoms with E-state index in [9.17, 15) is 0 Å². The van der Waals surface area contributed by atoms with Crippen molar-refractivity contribution in [2.75, 3.05) is 9.80 Å². The molecule has 13 rings (SSSR count). The molecule has 0 bridgehead atoms. The van der Waals surface area contributed by atoms with Gasteiger partial charge in [0.15, 0.2) is 0 Å². The van der Waals surface area contributed by atoms with Crippen molar-refractivity contribution in [3.63, 3.8) is 0 Å². The monoisotopic (exact) mass is 810 g/mol. The minimum absolute atomic E-state index is 0.0144. The number of fused-ring (bicyclic) bond motifs is 13. The maximum atomic E-state index is 6.16. The summed E-state index contributed by atoms with van der Waals surface area (Å²) in [6.45, 7) is 4.85. The lowest BCUT2D eigenvalue weighted by atomic mass is 9.74. The zero-order chi connectivity index (χ0) is 39.7. The minimum atomic E-state index is 0.0144. The molecule has 0 spiro atoms. The van der Waals surface area contributed by atoms with Gasteiger partial charge in [-0.25, -0.2) is 0 Å². The summed E-state index contributed by atoms with van der Waals surface area (Å²) in [5, 5.41) is 3.29. The Hall–Kier alpha value is -5.88. The predicted octanol–water partition coefficient (Wildman–Crippen LogP) is 15.1. The van der Waals surface area contributed by atoms with Gasteiger partial charge in [-0.15, -0.1) is 23.5 Å². The maximum Gasteiger partial charge on any atom is 0.135 e. The van der Waals surface area contributed by atoms with Gasteiger partial charge in [0, 0.05) is 59.7 Å². The van der Waals surface area contributed by atoms with Gasteiger partial charge in [-0.2, -0.15) is 0 Å². The second-order valence-electron chi connectivity index (χ2n) is 17.6. The Balaban J connectivity index is 0.916. The van der Waals surface area contributed by atoms with Crippen molar-refractivity contribution in [2.24, 2.45) is 5.92 Å². The Morgan fingerprint density at radius 2 is 1.13 bits per heavy atom. The summed E-state index contributed by atoms with van der Waals surface area (Å²) in [6.07, 6.45) is 9.26. The number of hydrogen-bond donors (Lipinski definition) is 0. The number of rotatable bonds is 5. The van der Waals surface area contributed by atoms with Gasteiger partial charge in [0.25, 0.3) is 0 Å². The van der Waals surface area contributed by atoms with Crippen molar-refractivity contribution in [3.05, 3.63) is 204 Å². The molecular formula is C55H42N2OS2. The molecule has 4 heterocycles. The average Bonchev–Trinajstić information content (AvgIpc) is 4.08. The molecule has 0 N–H and O–H groups in total. The highest BCUT2D eigenvalue weighted by molar-refractivity contribution is 8.04. The van der Waals surface area contributed by atoms with E-state index < -0.39 is 0 Å². The fourth-order valence-corrected chi connectivity index (χ4v) is 14.5. The molecule has 290 valence electrons. The SMILES string of the molecule is CC1(C)c2cc(N(c3ccc(-c4ccc5oc6ccccc6c5c4)cc3)c3ccc(N4C5c6ccccc6SC5C5Sc6ccccc6C54)cc3)ccc2C2C=CC=CC21. The zero-order valence-electron chi connectivity index (χ0n) is 33.4. The van der Waals surface area contributed by atoms with Gasteiger partial charge in [0.05, 0.1) is 12.1 Å². The lowest BCUT2D eigenvalue weighted by Gasteiger charge is -2.33. The molecule has 5 aliphatic rings. The van der Waals surface area contributed by atoms with Gasteiger partial charge >= 0.3 is 0 Å². The van der Waals surface area contributed by atoms with E-state index in [2.05, 4.69) is 217 Å². The fourth-order valence-electron chi connectivity index (χ4n) is 11.3. The number of benzene rings is 7. The van der Waals surface area contributed by atoms with E-state index in [1.165, 1.54) is 54.5 Å². The van der Waals surface area contributed by atoms with Gasteiger partial charge in [-0.1, -0.05) is 117 Å². The highest BCUT2D eigenvalue weighted by Crippen LogP contribution is 2.66. The van der Waals surface area contributed by atoms with Crippen molar-refractivity contribution >= 4 is 68.2 Å². The Morgan fingerprint density at radius 3 is 1.87 bits per heavy atom. The van der Waals surface area contributed by atoms with Crippen molar-refractivity contribution in [1.29, 1.82) is 0 Å². The van der Waals surface area contributed by atoms with Crippen molar-refractivity contribution < 1.29 is 4.42 Å². The van der Waals surface area contributed by atoms with Crippen LogP contribution >= 0.6 is 23.5 Å². The molecule has 8 aromatic rings. The molecule has 1 saturated heterocycles. The largest absolute Gasteiger partial charge is 0.456 e. The van der Waals surface area contributed by atoms with Crippen LogP contribution in [-0.2, 0) is 5.41 Å². The van der Waals surface area contributed by atoms with E-state index in [4.69, 9.17) is 4.42 Å². The Morgan fingerprint density at radius 1 is 0.533 bits per heavy atom. The molecule has 1 aromatic heterocycles. The quantitative estimate of drug-likeness (QED) is 0.172. The summed E-state index contributed by atoms with van der Waals surface area (Å²) in [4.78, 5) is 8.09. The molecule has 3 nitrogen and oxygen atoms in total. The Bertz CT molecular complexity index is 3030. The van der Waals surface area contributed by atoms with Crippen LogP contribution in [0.1, 0.15) is 54.1 Å². The topological polar surface area (TPSA) is 19.6 Å². The number of para-hydroxylation sites is 1. The van der Waals surface area contributed by atoms with Crippen LogP contribution in [0.5, 0.6) is 0 Å². The van der Waals surface area contributed by atoms with Crippen LogP contribution in [-0.4, -0.2) is 10.5 Å². The van der Waals surface area contributed by atoms with Crippen molar-refractivity contribution in [3.8, 4) is 11.1 Å². The van der Waals surface area contributed by atoms with Gasteiger partial charge in [-0.3, -0.25) is 0 Å². The summed E-state index contributed by atoms with van der Waals surface area (Å²) < 4.78 is 6.16. The lowest BCUT2D eigenvalue weighted by molar-refractivity contribution is 0.394. The first-order chi connectivity index (χ1) is 29.5. The van der Waals surface area contributed by atoms with Gasteiger partial charge in [0.2, 0.25) is 0 Å². The zero-order valence-corrected chi connectivity index (χ0v) is 35.0. The number of hydrogen-bond acceptors (Lipinski definition) is 5. The molecule has 3 aliphatic heterocycles. The summed E-state index contributed by atoms with van der Waals surface area (Å²) >= 11 is 4.18. The number of nitrogens with zero attached hydrogens (tertiary/aromatic N) is 2. The van der Waals surface area contributed by atoms with Crippen LogP contribution in [0.15, 0.2) is 196 Å². The fraction of sp³-hybridized carbons (Fsp3) is 0.164. The summed E-state index contributed by atoms with van der Waals surface area (Å²) in [5.74, 6) is 0.868. The van der Waals surface area contributed by atoms with E-state index in [1.807, 2.05) is 12.1 Å². The molecule has 2 aliphatic carbocycles. The first kappa shape index (κ1) is 34.9. The molecule has 0 amide bonds. The van der Waals surface area contributed by atoms with Crippen LogP contribution in [0.3, 0.4) is 0 Å². The average molecular weight is 811 g/mol. The van der Waals surface area contributed by atoms with Gasteiger partial charge in [0.1, 0.15) is 11.2 Å². The highest BCUT2D eigenvalue weighted by atomic mass is 32.2. The van der Waals surface area contributed by atoms with Crippen LogP contribution in [0.2, 0.25) is 0 Å². The highest BCUT2D eigenvalue weighted by Gasteiger charge is 2.57. The van der Waals surface area contributed by atoms with E-state index in [0.717, 1.165) is 33.3 Å². The van der Waals surface area contributed by atoms with Gasteiger partial charge < -0.3 is 14.2 Å². The third-order valence-corrected chi connectivity index (χ3v) is 17.2. The number of allylic oxidation sites excluding steroid dienone is 4.